The molecule has 0 heterocycles. The van der Waals surface area contributed by atoms with Crippen LogP contribution in [0, 0.1) is 5.92 Å². The Kier molecular flexibility index (Phi) is 6.00. The number of benzene rings is 1. The van der Waals surface area contributed by atoms with E-state index in [1.807, 2.05) is 24.3 Å². The third-order valence-corrected chi connectivity index (χ3v) is 4.25. The number of aliphatic carboxylic acids is 1. The van der Waals surface area contributed by atoms with Crippen molar-refractivity contribution < 1.29 is 14.6 Å². The zero-order chi connectivity index (χ0) is 15.1. The standard InChI is InChI=1S/C18H24O3/c1-2-14-6-5-9-17(12-14)21-13-16-8-4-3-7-15(16)10-11-18(19)20/h3-4,7-8,10-11,14,17H,2,5-6,9,12-13H2,1H3,(H,19,20). The van der Waals surface area contributed by atoms with Crippen LogP contribution in [0.3, 0.4) is 0 Å². The third kappa shape index (κ3) is 5.01. The first-order valence-corrected chi connectivity index (χ1v) is 7.79. The van der Waals surface area contributed by atoms with E-state index in [1.54, 1.807) is 6.08 Å². The van der Waals surface area contributed by atoms with Crippen LogP contribution >= 0.6 is 0 Å². The lowest BCUT2D eigenvalue weighted by molar-refractivity contribution is -0.131. The van der Waals surface area contributed by atoms with Gasteiger partial charge in [0.15, 0.2) is 0 Å². The molecule has 0 spiro atoms. The summed E-state index contributed by atoms with van der Waals surface area (Å²) in [6.07, 6.45) is 9.27. The van der Waals surface area contributed by atoms with Gasteiger partial charge in [-0.25, -0.2) is 4.79 Å². The molecule has 0 aromatic heterocycles. The van der Waals surface area contributed by atoms with Gasteiger partial charge < -0.3 is 9.84 Å². The highest BCUT2D eigenvalue weighted by molar-refractivity contribution is 5.85. The Labute approximate surface area is 126 Å². The van der Waals surface area contributed by atoms with Gasteiger partial charge in [-0.3, -0.25) is 0 Å². The molecule has 1 fully saturated rings. The zero-order valence-electron chi connectivity index (χ0n) is 12.6. The fraction of sp³-hybridized carbons (Fsp3) is 0.500. The van der Waals surface area contributed by atoms with Crippen LogP contribution in [0.15, 0.2) is 30.3 Å². The molecular formula is C18H24O3. The molecule has 3 heteroatoms. The molecule has 1 saturated carbocycles. The molecule has 21 heavy (non-hydrogen) atoms. The van der Waals surface area contributed by atoms with E-state index in [0.29, 0.717) is 12.7 Å². The minimum atomic E-state index is -0.927. The maximum absolute atomic E-state index is 10.6. The largest absolute Gasteiger partial charge is 0.478 e. The molecule has 0 bridgehead atoms. The predicted octanol–water partition coefficient (Wildman–Crippen LogP) is 4.27. The van der Waals surface area contributed by atoms with Crippen LogP contribution in [-0.4, -0.2) is 17.2 Å². The first-order chi connectivity index (χ1) is 10.2. The first kappa shape index (κ1) is 15.8. The highest BCUT2D eigenvalue weighted by atomic mass is 16.5. The van der Waals surface area contributed by atoms with Crippen LogP contribution in [0.1, 0.15) is 50.2 Å². The van der Waals surface area contributed by atoms with Crippen molar-refractivity contribution in [3.8, 4) is 0 Å². The summed E-state index contributed by atoms with van der Waals surface area (Å²) in [6, 6.07) is 7.81. The lowest BCUT2D eigenvalue weighted by atomic mass is 9.85. The van der Waals surface area contributed by atoms with Crippen LogP contribution < -0.4 is 0 Å². The van der Waals surface area contributed by atoms with Crippen molar-refractivity contribution in [3.05, 3.63) is 41.5 Å². The zero-order valence-corrected chi connectivity index (χ0v) is 12.6. The molecule has 1 aliphatic rings. The average molecular weight is 288 g/mol. The van der Waals surface area contributed by atoms with Crippen LogP contribution in [0.25, 0.3) is 6.08 Å². The predicted molar refractivity (Wildman–Crippen MR) is 83.9 cm³/mol. The topological polar surface area (TPSA) is 46.5 Å². The van der Waals surface area contributed by atoms with E-state index in [9.17, 15) is 4.79 Å². The summed E-state index contributed by atoms with van der Waals surface area (Å²) in [6.45, 7) is 2.81. The summed E-state index contributed by atoms with van der Waals surface area (Å²) in [7, 11) is 0. The number of carboxylic acids is 1. The monoisotopic (exact) mass is 288 g/mol. The molecule has 3 nitrogen and oxygen atoms in total. The van der Waals surface area contributed by atoms with Gasteiger partial charge in [0.05, 0.1) is 12.7 Å². The van der Waals surface area contributed by atoms with Gasteiger partial charge in [-0.05, 0) is 36.0 Å². The molecule has 0 amide bonds. The van der Waals surface area contributed by atoms with E-state index in [2.05, 4.69) is 6.92 Å². The van der Waals surface area contributed by atoms with Crippen molar-refractivity contribution in [3.63, 3.8) is 0 Å². The SMILES string of the molecule is CCC1CCCC(OCc2ccccc2C=CC(=O)O)C1. The lowest BCUT2D eigenvalue weighted by Crippen LogP contribution is -2.22. The molecule has 1 N–H and O–H groups in total. The highest BCUT2D eigenvalue weighted by Gasteiger charge is 2.21. The Bertz CT molecular complexity index is 493. The Morgan fingerprint density at radius 1 is 1.38 bits per heavy atom. The maximum Gasteiger partial charge on any atom is 0.328 e. The van der Waals surface area contributed by atoms with Gasteiger partial charge in [0.2, 0.25) is 0 Å². The summed E-state index contributed by atoms with van der Waals surface area (Å²) < 4.78 is 6.07. The second-order valence-electron chi connectivity index (χ2n) is 5.74. The van der Waals surface area contributed by atoms with E-state index in [1.165, 1.54) is 25.3 Å². The molecule has 0 radical (unpaired) electrons. The quantitative estimate of drug-likeness (QED) is 0.795. The molecule has 2 rings (SSSR count). The van der Waals surface area contributed by atoms with Crippen LogP contribution in [0.5, 0.6) is 0 Å². The minimum absolute atomic E-state index is 0.347. The number of carbonyl (C=O) groups is 1. The number of ether oxygens (including phenoxy) is 1. The maximum atomic E-state index is 10.6. The van der Waals surface area contributed by atoms with Crippen molar-refractivity contribution in [1.82, 2.24) is 0 Å². The normalized spacial score (nSPS) is 22.5. The summed E-state index contributed by atoms with van der Waals surface area (Å²) in [5, 5.41) is 8.74. The number of carboxylic acid groups (broad SMARTS) is 1. The Balaban J connectivity index is 1.95. The van der Waals surface area contributed by atoms with E-state index in [-0.39, 0.29) is 0 Å². The van der Waals surface area contributed by atoms with Crippen molar-refractivity contribution in [1.29, 1.82) is 0 Å². The molecule has 1 aromatic carbocycles. The summed E-state index contributed by atoms with van der Waals surface area (Å²) >= 11 is 0. The molecular weight excluding hydrogens is 264 g/mol. The van der Waals surface area contributed by atoms with Gasteiger partial charge in [-0.15, -0.1) is 0 Å². The molecule has 2 unspecified atom stereocenters. The smallest absolute Gasteiger partial charge is 0.328 e. The first-order valence-electron chi connectivity index (χ1n) is 7.79. The van der Waals surface area contributed by atoms with Crippen molar-refractivity contribution in [2.24, 2.45) is 5.92 Å². The second kappa shape index (κ2) is 7.99. The fourth-order valence-corrected chi connectivity index (χ4v) is 2.96. The van der Waals surface area contributed by atoms with Gasteiger partial charge in [0, 0.05) is 6.08 Å². The summed E-state index contributed by atoms with van der Waals surface area (Å²) in [5.74, 6) is -0.130. The van der Waals surface area contributed by atoms with Crippen molar-refractivity contribution in [2.75, 3.05) is 0 Å². The molecule has 114 valence electrons. The van der Waals surface area contributed by atoms with Gasteiger partial charge in [0.25, 0.3) is 0 Å². The Morgan fingerprint density at radius 2 is 2.19 bits per heavy atom. The van der Waals surface area contributed by atoms with Gasteiger partial charge in [-0.2, -0.15) is 0 Å². The highest BCUT2D eigenvalue weighted by Crippen LogP contribution is 2.29. The molecule has 2 atom stereocenters. The number of hydrogen-bond donors (Lipinski definition) is 1. The molecule has 1 aromatic rings. The van der Waals surface area contributed by atoms with Crippen molar-refractivity contribution in [2.45, 2.75) is 51.7 Å². The fourth-order valence-electron chi connectivity index (χ4n) is 2.96. The summed E-state index contributed by atoms with van der Waals surface area (Å²) in [5.41, 5.74) is 1.97. The van der Waals surface area contributed by atoms with E-state index < -0.39 is 5.97 Å². The van der Waals surface area contributed by atoms with Gasteiger partial charge >= 0.3 is 5.97 Å². The van der Waals surface area contributed by atoms with E-state index in [4.69, 9.17) is 9.84 Å². The van der Waals surface area contributed by atoms with Gasteiger partial charge in [0.1, 0.15) is 0 Å². The van der Waals surface area contributed by atoms with E-state index in [0.717, 1.165) is 29.9 Å². The Morgan fingerprint density at radius 3 is 2.95 bits per heavy atom. The van der Waals surface area contributed by atoms with Gasteiger partial charge in [-0.1, -0.05) is 50.5 Å². The lowest BCUT2D eigenvalue weighted by Gasteiger charge is -2.28. The van der Waals surface area contributed by atoms with Crippen molar-refractivity contribution >= 4 is 12.0 Å². The molecule has 0 aliphatic heterocycles. The molecule has 0 saturated heterocycles. The number of rotatable bonds is 6. The van der Waals surface area contributed by atoms with Crippen LogP contribution in [0.4, 0.5) is 0 Å². The summed E-state index contributed by atoms with van der Waals surface area (Å²) in [4.78, 5) is 10.6. The van der Waals surface area contributed by atoms with Crippen LogP contribution in [0.2, 0.25) is 0 Å². The van der Waals surface area contributed by atoms with E-state index >= 15 is 0 Å². The third-order valence-electron chi connectivity index (χ3n) is 4.25. The minimum Gasteiger partial charge on any atom is -0.478 e. The number of hydrogen-bond acceptors (Lipinski definition) is 2. The van der Waals surface area contributed by atoms with Crippen LogP contribution in [-0.2, 0) is 16.1 Å². The Hall–Kier alpha value is -1.61. The molecule has 1 aliphatic carbocycles. The average Bonchev–Trinajstić information content (AvgIpc) is 2.52. The second-order valence-corrected chi connectivity index (χ2v) is 5.74.